The first kappa shape index (κ1) is 103. The largest absolute Gasteiger partial charge is 0.310 e. The Kier molecular flexibility index (Phi) is 24.2. The summed E-state index contributed by atoms with van der Waals surface area (Å²) in [5.74, 6) is 0. The van der Waals surface area contributed by atoms with E-state index in [0.29, 0.717) is 0 Å². The van der Waals surface area contributed by atoms with E-state index in [-0.39, 0.29) is 85.2 Å². The minimum atomic E-state index is -0.218. The van der Waals surface area contributed by atoms with Gasteiger partial charge in [-0.2, -0.15) is 0 Å². The van der Waals surface area contributed by atoms with Crippen molar-refractivity contribution in [2.75, 3.05) is 9.80 Å². The second-order valence-electron chi connectivity index (χ2n) is 54.0. The van der Waals surface area contributed by atoms with E-state index in [1.165, 1.54) is 223 Å². The van der Waals surface area contributed by atoms with Crippen LogP contribution >= 0.6 is 0 Å². The van der Waals surface area contributed by atoms with Gasteiger partial charge in [0.15, 0.2) is 0 Å². The average Bonchev–Trinajstić information content (AvgIpc) is 1.70. The van der Waals surface area contributed by atoms with Crippen LogP contribution in [-0.4, -0.2) is 0 Å². The van der Waals surface area contributed by atoms with E-state index in [9.17, 15) is 0 Å². The summed E-state index contributed by atoms with van der Waals surface area (Å²) in [6.45, 7) is 80.4. The van der Waals surface area contributed by atoms with Gasteiger partial charge in [0, 0.05) is 66.6 Å². The Morgan fingerprint density at radius 3 is 0.599 bits per heavy atom. The third-order valence-corrected chi connectivity index (χ3v) is 34.8. The molecule has 0 unspecified atom stereocenters. The highest BCUT2D eigenvalue weighted by Gasteiger charge is 2.46. The Balaban J connectivity index is 0.000000183. The van der Waals surface area contributed by atoms with Gasteiger partial charge in [0.05, 0.1) is 0 Å². The Labute approximate surface area is 884 Å². The van der Waals surface area contributed by atoms with Gasteiger partial charge in [0.1, 0.15) is 0 Å². The molecule has 2 heteroatoms. The van der Waals surface area contributed by atoms with Crippen molar-refractivity contribution in [2.45, 2.75) is 321 Å². The minimum Gasteiger partial charge on any atom is -0.310 e. The van der Waals surface area contributed by atoms with Gasteiger partial charge in [0.2, 0.25) is 0 Å². The van der Waals surface area contributed by atoms with Crippen molar-refractivity contribution in [3.63, 3.8) is 0 Å². The number of nitrogens with zero attached hydrogens (tertiary/aromatic N) is 2. The maximum absolute atomic E-state index is 2.55. The number of anilines is 6. The molecule has 0 spiro atoms. The van der Waals surface area contributed by atoms with Crippen molar-refractivity contribution in [3.05, 3.63) is 415 Å². The van der Waals surface area contributed by atoms with Crippen molar-refractivity contribution in [2.24, 2.45) is 0 Å². The SMILES string of the molecule is C.C.CC(C)(C)c1ccc(N(c2cc(-c3ccc4c(c3)C(C)(C)c3cc(C(C)(C)C)ccc3-4)c(C(C)(C)C)c(-c3ccc4c(c3)C(C)(C)c3cc(C(C)(C)C)ccc3-4)c2)c2ccc3c(c2)C(C)(C)c2ccccc2-3)cc1.Cc1c(-c2ccc3c(c2)C(C)(C)c2cc(C(C)(C)C)ccc2-3)cc(N(c2ccc(C(C)(C)C)cc2)c2ccc3c(c2)C(C)(C)c2ccccc2-3)cc1-c1ccc2c(c1)C(C)(C)c1cc(C(C)(C)C)ccc1-2. The van der Waals surface area contributed by atoms with E-state index in [1.807, 2.05) is 0 Å². The molecule has 0 N–H and O–H groups in total. The molecule has 750 valence electrons. The normalized spacial score (nSPS) is 15.5. The van der Waals surface area contributed by atoms with E-state index in [2.05, 4.69) is 549 Å². The predicted molar refractivity (Wildman–Crippen MR) is 638 cm³/mol. The third kappa shape index (κ3) is 16.8. The lowest BCUT2D eigenvalue weighted by atomic mass is 9.74. The lowest BCUT2D eigenvalue weighted by Gasteiger charge is -2.33. The van der Waals surface area contributed by atoms with Gasteiger partial charge < -0.3 is 9.80 Å². The summed E-state index contributed by atoms with van der Waals surface area (Å²) in [7, 11) is 0. The van der Waals surface area contributed by atoms with Crippen molar-refractivity contribution in [1.82, 2.24) is 0 Å². The summed E-state index contributed by atoms with van der Waals surface area (Å²) in [5, 5.41) is 0. The molecule has 0 saturated heterocycles. The first-order valence-corrected chi connectivity index (χ1v) is 53.6. The molecule has 0 atom stereocenters. The van der Waals surface area contributed by atoms with Crippen molar-refractivity contribution in [3.8, 4) is 111 Å². The first-order valence-electron chi connectivity index (χ1n) is 53.6. The molecule has 16 aromatic rings. The van der Waals surface area contributed by atoms with E-state index in [0.717, 1.165) is 34.1 Å². The highest BCUT2D eigenvalue weighted by molar-refractivity contribution is 5.98. The van der Waals surface area contributed by atoms with E-state index in [4.69, 9.17) is 0 Å². The van der Waals surface area contributed by atoms with Gasteiger partial charge in [-0.3, -0.25) is 0 Å². The van der Waals surface area contributed by atoms with Crippen LogP contribution in [0.25, 0.3) is 111 Å². The van der Waals surface area contributed by atoms with Crippen LogP contribution in [0.1, 0.15) is 355 Å². The summed E-state index contributed by atoms with van der Waals surface area (Å²) in [6, 6.07) is 120. The standard InChI is InChI=1S/C73H79N.C70H73N.2CH4/c1-67(2,3)46-25-29-49(30-26-46)74(50-31-36-57-52-21-19-20-22-60(52)71(13,14)65(57)43-50)51-41-58(44-23-32-53-55-34-27-47(68(4,5)6)39-63(55)72(15,16)61(53)37-44)66(70(10,11)12)59(42-51)45-24-33-54-56-35-28-48(69(7,8)9)40-64(56)73(17,18)62(54)38-45;1-42-57(43-21-30-52-54-32-25-46(66(5,6)7)37-62(54)69(13,14)60(52)35-43)39-50(40-58(42)44-22-31-53-55-33-26-47(67(8,9)10)38-63(55)70(15,16)61(53)36-44)71(48-27-23-45(24-28-48)65(2,3)4)49-29-34-56-51-19-17-18-20-59(51)68(11,12)64(56)41-49;;/h19-43H,1-18H3;17-41H,1-16H3;2*1H4. The zero-order valence-corrected chi connectivity index (χ0v) is 93.3. The molecule has 2 nitrogen and oxygen atoms in total. The molecule has 6 aliphatic rings. The van der Waals surface area contributed by atoms with Crippen LogP contribution in [0.3, 0.4) is 0 Å². The number of fused-ring (bicyclic) bond motifs is 18. The van der Waals surface area contributed by atoms with Gasteiger partial charge in [-0.25, -0.2) is 0 Å². The number of benzene rings is 16. The van der Waals surface area contributed by atoms with Gasteiger partial charge in [0.25, 0.3) is 0 Å². The molecule has 0 heterocycles. The van der Waals surface area contributed by atoms with Crippen molar-refractivity contribution < 1.29 is 0 Å². The molecule has 0 aliphatic heterocycles. The van der Waals surface area contributed by atoms with Gasteiger partial charge in [-0.05, 0) is 364 Å². The van der Waals surface area contributed by atoms with Crippen LogP contribution in [0.2, 0.25) is 0 Å². The van der Waals surface area contributed by atoms with Crippen LogP contribution < -0.4 is 9.80 Å². The van der Waals surface area contributed by atoms with Crippen molar-refractivity contribution >= 4 is 34.1 Å². The first-order chi connectivity index (χ1) is 67.7. The number of hydrogen-bond donors (Lipinski definition) is 0. The summed E-state index contributed by atoms with van der Waals surface area (Å²) in [4.78, 5) is 5.08. The quantitative estimate of drug-likeness (QED) is 0.135. The monoisotopic (exact) mass is 1930 g/mol. The fraction of sp³-hybridized carbons (Fsp3) is 0.338. The topological polar surface area (TPSA) is 6.48 Å². The molecular formula is C145H160N2. The zero-order valence-electron chi connectivity index (χ0n) is 93.3. The Morgan fingerprint density at radius 2 is 0.347 bits per heavy atom. The van der Waals surface area contributed by atoms with E-state index < -0.39 is 0 Å². The van der Waals surface area contributed by atoms with Crippen LogP contribution in [0, 0.1) is 6.92 Å². The maximum atomic E-state index is 2.55. The predicted octanol–water partition coefficient (Wildman–Crippen LogP) is 41.5. The Bertz CT molecular complexity index is 7740. The Morgan fingerprint density at radius 1 is 0.156 bits per heavy atom. The molecule has 22 rings (SSSR count). The maximum Gasteiger partial charge on any atom is 0.0474 e. The minimum absolute atomic E-state index is 0. The van der Waals surface area contributed by atoms with Gasteiger partial charge in [-0.1, -0.05) is 450 Å². The summed E-state index contributed by atoms with van der Waals surface area (Å²) >= 11 is 0. The van der Waals surface area contributed by atoms with Crippen LogP contribution in [0.5, 0.6) is 0 Å². The molecule has 0 radical (unpaired) electrons. The molecule has 0 amide bonds. The molecule has 6 aliphatic carbocycles. The number of hydrogen-bond acceptors (Lipinski definition) is 2. The van der Waals surface area contributed by atoms with Crippen LogP contribution in [0.4, 0.5) is 34.1 Å². The van der Waals surface area contributed by atoms with Crippen LogP contribution in [0.15, 0.2) is 303 Å². The van der Waals surface area contributed by atoms with Gasteiger partial charge >= 0.3 is 0 Å². The molecule has 0 aromatic heterocycles. The fourth-order valence-corrected chi connectivity index (χ4v) is 25.7. The highest BCUT2D eigenvalue weighted by Crippen LogP contribution is 2.61. The second-order valence-corrected chi connectivity index (χ2v) is 54.0. The summed E-state index contributed by atoms with van der Waals surface area (Å²) < 4.78 is 0. The van der Waals surface area contributed by atoms with Crippen LogP contribution in [-0.2, 0) is 70.4 Å². The average molecular weight is 1930 g/mol. The third-order valence-electron chi connectivity index (χ3n) is 34.8. The Hall–Kier alpha value is -12.9. The molecule has 16 aromatic carbocycles. The fourth-order valence-electron chi connectivity index (χ4n) is 25.7. The zero-order chi connectivity index (χ0) is 104. The molecule has 0 fully saturated rings. The van der Waals surface area contributed by atoms with E-state index >= 15 is 0 Å². The molecule has 147 heavy (non-hydrogen) atoms. The number of rotatable bonds is 10. The molecular weight excluding hydrogens is 1770 g/mol. The summed E-state index contributed by atoms with van der Waals surface area (Å²) in [6.07, 6.45) is 0. The molecule has 0 saturated carbocycles. The highest BCUT2D eigenvalue weighted by atomic mass is 15.1. The lowest BCUT2D eigenvalue weighted by molar-refractivity contribution is 0.584. The summed E-state index contributed by atoms with van der Waals surface area (Å²) in [5.41, 5.74) is 59.9. The second kappa shape index (κ2) is 34.6. The molecule has 0 bridgehead atoms. The van der Waals surface area contributed by atoms with E-state index in [1.54, 1.807) is 0 Å². The van der Waals surface area contributed by atoms with Gasteiger partial charge in [-0.15, -0.1) is 0 Å². The smallest absolute Gasteiger partial charge is 0.0474 e. The van der Waals surface area contributed by atoms with Crippen molar-refractivity contribution in [1.29, 1.82) is 0 Å². The lowest BCUT2D eigenvalue weighted by Crippen LogP contribution is -2.19.